The van der Waals surface area contributed by atoms with Crippen LogP contribution in [-0.4, -0.2) is 44.9 Å². The van der Waals surface area contributed by atoms with Gasteiger partial charge in [-0.25, -0.2) is 8.42 Å². The molecular formula is C23H30N2O4S. The number of ether oxygens (including phenoxy) is 1. The molecular weight excluding hydrogens is 400 g/mol. The van der Waals surface area contributed by atoms with Crippen molar-refractivity contribution in [2.45, 2.75) is 44.4 Å². The molecule has 1 amide bonds. The number of nitrogens with zero attached hydrogens (tertiary/aromatic N) is 1. The Morgan fingerprint density at radius 1 is 1.13 bits per heavy atom. The minimum atomic E-state index is -3.57. The normalized spacial score (nSPS) is 14.8. The lowest BCUT2D eigenvalue weighted by molar-refractivity contribution is 0.0946. The molecule has 1 heterocycles. The summed E-state index contributed by atoms with van der Waals surface area (Å²) in [7, 11) is -3.57. The van der Waals surface area contributed by atoms with Gasteiger partial charge >= 0.3 is 0 Å². The standard InChI is InChI=1S/C23H30N2O4S/c1-17(2)20-8-4-5-9-21(20)29-15-12-24-23(26)19-11-10-18(3)22(16-19)30(27,28)25-13-6-7-14-25/h4-5,8-11,16-17H,6-7,12-15H2,1-3H3,(H,24,26). The second-order valence-electron chi connectivity index (χ2n) is 7.89. The van der Waals surface area contributed by atoms with Crippen LogP contribution in [0, 0.1) is 6.92 Å². The van der Waals surface area contributed by atoms with Crippen LogP contribution in [0.2, 0.25) is 0 Å². The second kappa shape index (κ2) is 9.62. The molecule has 162 valence electrons. The summed E-state index contributed by atoms with van der Waals surface area (Å²) in [5.41, 5.74) is 2.10. The molecule has 1 aliphatic heterocycles. The summed E-state index contributed by atoms with van der Waals surface area (Å²) in [4.78, 5) is 12.8. The van der Waals surface area contributed by atoms with E-state index in [-0.39, 0.29) is 10.8 Å². The van der Waals surface area contributed by atoms with Crippen molar-refractivity contribution in [1.82, 2.24) is 9.62 Å². The molecule has 1 saturated heterocycles. The molecule has 3 rings (SSSR count). The molecule has 30 heavy (non-hydrogen) atoms. The maximum absolute atomic E-state index is 12.9. The molecule has 1 aliphatic rings. The van der Waals surface area contributed by atoms with Crippen molar-refractivity contribution < 1.29 is 17.9 Å². The van der Waals surface area contributed by atoms with Crippen LogP contribution in [0.4, 0.5) is 0 Å². The molecule has 0 unspecified atom stereocenters. The van der Waals surface area contributed by atoms with Crippen molar-refractivity contribution in [3.05, 3.63) is 59.2 Å². The molecule has 0 spiro atoms. The van der Waals surface area contributed by atoms with E-state index in [2.05, 4.69) is 19.2 Å². The molecule has 1 fully saturated rings. The lowest BCUT2D eigenvalue weighted by Gasteiger charge is -2.18. The van der Waals surface area contributed by atoms with Crippen LogP contribution in [0.3, 0.4) is 0 Å². The number of hydrogen-bond donors (Lipinski definition) is 1. The first-order valence-electron chi connectivity index (χ1n) is 10.4. The summed E-state index contributed by atoms with van der Waals surface area (Å²) in [6.07, 6.45) is 1.75. The zero-order valence-electron chi connectivity index (χ0n) is 17.8. The van der Waals surface area contributed by atoms with E-state index in [1.54, 1.807) is 19.1 Å². The van der Waals surface area contributed by atoms with Crippen molar-refractivity contribution in [2.75, 3.05) is 26.2 Å². The third-order valence-corrected chi connectivity index (χ3v) is 7.36. The third kappa shape index (κ3) is 5.02. The Morgan fingerprint density at radius 3 is 2.53 bits per heavy atom. The molecule has 0 bridgehead atoms. The SMILES string of the molecule is Cc1ccc(C(=O)NCCOc2ccccc2C(C)C)cc1S(=O)(=O)N1CCCC1. The van der Waals surface area contributed by atoms with Crippen molar-refractivity contribution >= 4 is 15.9 Å². The molecule has 6 nitrogen and oxygen atoms in total. The fraction of sp³-hybridized carbons (Fsp3) is 0.435. The summed E-state index contributed by atoms with van der Waals surface area (Å²) in [5, 5.41) is 2.81. The van der Waals surface area contributed by atoms with Gasteiger partial charge in [-0.3, -0.25) is 4.79 Å². The predicted molar refractivity (Wildman–Crippen MR) is 118 cm³/mol. The van der Waals surface area contributed by atoms with E-state index in [1.807, 2.05) is 24.3 Å². The number of carbonyl (C=O) groups is 1. The highest BCUT2D eigenvalue weighted by molar-refractivity contribution is 7.89. The van der Waals surface area contributed by atoms with Crippen molar-refractivity contribution in [1.29, 1.82) is 0 Å². The minimum absolute atomic E-state index is 0.208. The average Bonchev–Trinajstić information content (AvgIpc) is 3.27. The van der Waals surface area contributed by atoms with E-state index < -0.39 is 10.0 Å². The Morgan fingerprint density at radius 2 is 1.83 bits per heavy atom. The number of rotatable bonds is 8. The number of aryl methyl sites for hydroxylation is 1. The van der Waals surface area contributed by atoms with Crippen LogP contribution < -0.4 is 10.1 Å². The zero-order valence-corrected chi connectivity index (χ0v) is 18.7. The number of amides is 1. The van der Waals surface area contributed by atoms with Crippen molar-refractivity contribution in [3.63, 3.8) is 0 Å². The number of carbonyl (C=O) groups excluding carboxylic acids is 1. The summed E-state index contributed by atoms with van der Waals surface area (Å²) in [5.74, 6) is 0.851. The van der Waals surface area contributed by atoms with E-state index in [0.717, 1.165) is 24.2 Å². The molecule has 7 heteroatoms. The number of sulfonamides is 1. The summed E-state index contributed by atoms with van der Waals surface area (Å²) in [6, 6.07) is 12.7. The molecule has 2 aromatic rings. The number of para-hydroxylation sites is 1. The van der Waals surface area contributed by atoms with Crippen LogP contribution in [0.25, 0.3) is 0 Å². The van der Waals surface area contributed by atoms with E-state index in [0.29, 0.717) is 43.3 Å². The van der Waals surface area contributed by atoms with Gasteiger partial charge in [-0.2, -0.15) is 4.31 Å². The summed E-state index contributed by atoms with van der Waals surface area (Å²) >= 11 is 0. The molecule has 0 atom stereocenters. The number of benzene rings is 2. The lowest BCUT2D eigenvalue weighted by Crippen LogP contribution is -2.30. The Balaban J connectivity index is 1.62. The van der Waals surface area contributed by atoms with Gasteiger partial charge in [0, 0.05) is 18.7 Å². The van der Waals surface area contributed by atoms with Gasteiger partial charge in [0.2, 0.25) is 10.0 Å². The van der Waals surface area contributed by atoms with Gasteiger partial charge < -0.3 is 10.1 Å². The third-order valence-electron chi connectivity index (χ3n) is 5.32. The average molecular weight is 431 g/mol. The zero-order chi connectivity index (χ0) is 21.7. The van der Waals surface area contributed by atoms with E-state index in [4.69, 9.17) is 4.74 Å². The van der Waals surface area contributed by atoms with Gasteiger partial charge in [0.25, 0.3) is 5.91 Å². The quantitative estimate of drug-likeness (QED) is 0.648. The number of nitrogens with one attached hydrogen (secondary N) is 1. The highest BCUT2D eigenvalue weighted by atomic mass is 32.2. The fourth-order valence-electron chi connectivity index (χ4n) is 3.60. The van der Waals surface area contributed by atoms with Crippen LogP contribution in [0.5, 0.6) is 5.75 Å². The Kier molecular flexibility index (Phi) is 7.15. The van der Waals surface area contributed by atoms with Crippen molar-refractivity contribution in [3.8, 4) is 5.75 Å². The maximum atomic E-state index is 12.9. The van der Waals surface area contributed by atoms with Crippen LogP contribution in [0.1, 0.15) is 54.1 Å². The van der Waals surface area contributed by atoms with Crippen LogP contribution in [0.15, 0.2) is 47.4 Å². The van der Waals surface area contributed by atoms with Crippen LogP contribution >= 0.6 is 0 Å². The van der Waals surface area contributed by atoms with Gasteiger partial charge in [0.15, 0.2) is 0 Å². The topological polar surface area (TPSA) is 75.7 Å². The second-order valence-corrected chi connectivity index (χ2v) is 9.79. The van der Waals surface area contributed by atoms with E-state index in [1.165, 1.54) is 10.4 Å². The molecule has 2 aromatic carbocycles. The molecule has 0 aromatic heterocycles. The molecule has 1 N–H and O–H groups in total. The minimum Gasteiger partial charge on any atom is -0.491 e. The van der Waals surface area contributed by atoms with Gasteiger partial charge in [-0.15, -0.1) is 0 Å². The first kappa shape index (κ1) is 22.3. The lowest BCUT2D eigenvalue weighted by atomic mass is 10.0. The smallest absolute Gasteiger partial charge is 0.251 e. The van der Waals surface area contributed by atoms with E-state index >= 15 is 0 Å². The van der Waals surface area contributed by atoms with Crippen LogP contribution in [-0.2, 0) is 10.0 Å². The summed E-state index contributed by atoms with van der Waals surface area (Å²) < 4.78 is 33.1. The summed E-state index contributed by atoms with van der Waals surface area (Å²) in [6.45, 7) is 7.70. The monoisotopic (exact) mass is 430 g/mol. The molecule has 0 saturated carbocycles. The van der Waals surface area contributed by atoms with Crippen molar-refractivity contribution in [2.24, 2.45) is 0 Å². The number of hydrogen-bond acceptors (Lipinski definition) is 4. The fourth-order valence-corrected chi connectivity index (χ4v) is 5.37. The Labute approximate surface area is 179 Å². The maximum Gasteiger partial charge on any atom is 0.251 e. The largest absolute Gasteiger partial charge is 0.491 e. The van der Waals surface area contributed by atoms with Gasteiger partial charge in [-0.05, 0) is 55.0 Å². The first-order chi connectivity index (χ1) is 14.3. The first-order valence-corrected chi connectivity index (χ1v) is 11.9. The van der Waals surface area contributed by atoms with Gasteiger partial charge in [-0.1, -0.05) is 38.1 Å². The Bertz CT molecular complexity index is 996. The van der Waals surface area contributed by atoms with Gasteiger partial charge in [0.05, 0.1) is 11.4 Å². The molecule has 0 aliphatic carbocycles. The molecule has 0 radical (unpaired) electrons. The van der Waals surface area contributed by atoms with Gasteiger partial charge in [0.1, 0.15) is 12.4 Å². The predicted octanol–water partition coefficient (Wildman–Crippen LogP) is 3.71. The Hall–Kier alpha value is -2.38. The highest BCUT2D eigenvalue weighted by Crippen LogP contribution is 2.26. The van der Waals surface area contributed by atoms with E-state index in [9.17, 15) is 13.2 Å². The highest BCUT2D eigenvalue weighted by Gasteiger charge is 2.29.